The number of methoxy groups -OCH3 is 1. The maximum atomic E-state index is 11.2. The molecule has 0 saturated heterocycles. The molecule has 5 nitrogen and oxygen atoms in total. The average molecular weight is 299 g/mol. The number of ether oxygens (including phenoxy) is 1. The minimum atomic E-state index is -0.409. The SMILES string of the molecule is COC1CCC(n2ccnc2-c2ccc(C(N)=O)cc2)CC1. The Balaban J connectivity index is 1.81. The molecule has 1 saturated carbocycles. The van der Waals surface area contributed by atoms with Crippen LogP contribution < -0.4 is 5.73 Å². The van der Waals surface area contributed by atoms with Crippen LogP contribution in [0.1, 0.15) is 42.1 Å². The molecule has 1 aromatic heterocycles. The van der Waals surface area contributed by atoms with Gasteiger partial charge in [0.2, 0.25) is 5.91 Å². The molecule has 1 fully saturated rings. The van der Waals surface area contributed by atoms with Gasteiger partial charge in [-0.25, -0.2) is 4.98 Å². The molecular formula is C17H21N3O2. The lowest BCUT2D eigenvalue weighted by molar-refractivity contribution is 0.0586. The number of nitrogens with zero attached hydrogens (tertiary/aromatic N) is 2. The zero-order chi connectivity index (χ0) is 15.5. The van der Waals surface area contributed by atoms with Gasteiger partial charge >= 0.3 is 0 Å². The van der Waals surface area contributed by atoms with E-state index in [4.69, 9.17) is 10.5 Å². The lowest BCUT2D eigenvalue weighted by atomic mass is 9.92. The first kappa shape index (κ1) is 14.8. The lowest BCUT2D eigenvalue weighted by Gasteiger charge is -2.29. The van der Waals surface area contributed by atoms with E-state index in [-0.39, 0.29) is 0 Å². The standard InChI is InChI=1S/C17H21N3O2/c1-22-15-8-6-14(7-9-15)20-11-10-19-17(20)13-4-2-12(3-5-13)16(18)21/h2-5,10-11,14-15H,6-9H2,1H3,(H2,18,21). The van der Waals surface area contributed by atoms with Crippen molar-refractivity contribution in [1.82, 2.24) is 9.55 Å². The maximum absolute atomic E-state index is 11.2. The van der Waals surface area contributed by atoms with Crippen molar-refractivity contribution in [3.05, 3.63) is 42.2 Å². The van der Waals surface area contributed by atoms with Crippen LogP contribution in [-0.4, -0.2) is 28.7 Å². The first-order valence-electron chi connectivity index (χ1n) is 7.65. The molecule has 22 heavy (non-hydrogen) atoms. The Morgan fingerprint density at radius 1 is 1.23 bits per heavy atom. The van der Waals surface area contributed by atoms with Crippen molar-refractivity contribution < 1.29 is 9.53 Å². The van der Waals surface area contributed by atoms with E-state index in [2.05, 4.69) is 9.55 Å². The highest BCUT2D eigenvalue weighted by Crippen LogP contribution is 2.32. The van der Waals surface area contributed by atoms with Gasteiger partial charge in [0, 0.05) is 36.7 Å². The van der Waals surface area contributed by atoms with Crippen molar-refractivity contribution in [1.29, 1.82) is 0 Å². The van der Waals surface area contributed by atoms with E-state index in [0.717, 1.165) is 37.1 Å². The highest BCUT2D eigenvalue weighted by Gasteiger charge is 2.23. The predicted molar refractivity (Wildman–Crippen MR) is 84.5 cm³/mol. The molecule has 1 aliphatic rings. The van der Waals surface area contributed by atoms with Gasteiger partial charge in [-0.2, -0.15) is 0 Å². The highest BCUT2D eigenvalue weighted by molar-refractivity contribution is 5.93. The molecule has 0 aliphatic heterocycles. The van der Waals surface area contributed by atoms with Gasteiger partial charge in [0.1, 0.15) is 5.82 Å². The zero-order valence-electron chi connectivity index (χ0n) is 12.7. The van der Waals surface area contributed by atoms with E-state index < -0.39 is 5.91 Å². The van der Waals surface area contributed by atoms with E-state index in [1.807, 2.05) is 24.5 Å². The molecule has 0 radical (unpaired) electrons. The van der Waals surface area contributed by atoms with Crippen molar-refractivity contribution in [2.45, 2.75) is 37.8 Å². The Bertz CT molecular complexity index is 640. The first-order valence-corrected chi connectivity index (χ1v) is 7.65. The summed E-state index contributed by atoms with van der Waals surface area (Å²) in [6.07, 6.45) is 8.62. The summed E-state index contributed by atoms with van der Waals surface area (Å²) in [5.74, 6) is 0.532. The second-order valence-corrected chi connectivity index (χ2v) is 5.77. The summed E-state index contributed by atoms with van der Waals surface area (Å²) in [5, 5.41) is 0. The summed E-state index contributed by atoms with van der Waals surface area (Å²) >= 11 is 0. The van der Waals surface area contributed by atoms with Crippen molar-refractivity contribution in [2.24, 2.45) is 5.73 Å². The Morgan fingerprint density at radius 2 is 1.91 bits per heavy atom. The number of hydrogen-bond donors (Lipinski definition) is 1. The van der Waals surface area contributed by atoms with Crippen LogP contribution in [-0.2, 0) is 4.74 Å². The van der Waals surface area contributed by atoms with Crippen molar-refractivity contribution in [2.75, 3.05) is 7.11 Å². The number of hydrogen-bond acceptors (Lipinski definition) is 3. The first-order chi connectivity index (χ1) is 10.7. The molecule has 0 spiro atoms. The minimum absolute atomic E-state index is 0.387. The molecule has 3 rings (SSSR count). The second kappa shape index (κ2) is 6.32. The third kappa shape index (κ3) is 2.90. The van der Waals surface area contributed by atoms with E-state index in [1.54, 1.807) is 19.2 Å². The fraction of sp³-hybridized carbons (Fsp3) is 0.412. The summed E-state index contributed by atoms with van der Waals surface area (Å²) in [6.45, 7) is 0. The van der Waals surface area contributed by atoms with Crippen molar-refractivity contribution >= 4 is 5.91 Å². The fourth-order valence-corrected chi connectivity index (χ4v) is 3.17. The molecule has 1 amide bonds. The Morgan fingerprint density at radius 3 is 2.50 bits per heavy atom. The molecule has 0 unspecified atom stereocenters. The highest BCUT2D eigenvalue weighted by atomic mass is 16.5. The molecule has 116 valence electrons. The third-order valence-corrected chi connectivity index (χ3v) is 4.47. The van der Waals surface area contributed by atoms with Gasteiger partial charge in [-0.15, -0.1) is 0 Å². The molecular weight excluding hydrogens is 278 g/mol. The Hall–Kier alpha value is -2.14. The van der Waals surface area contributed by atoms with Crippen molar-refractivity contribution in [3.63, 3.8) is 0 Å². The number of benzene rings is 1. The van der Waals surface area contributed by atoms with E-state index in [9.17, 15) is 4.79 Å². The summed E-state index contributed by atoms with van der Waals surface area (Å²) in [7, 11) is 1.79. The average Bonchev–Trinajstić information content (AvgIpc) is 3.04. The topological polar surface area (TPSA) is 70.1 Å². The maximum Gasteiger partial charge on any atom is 0.248 e. The van der Waals surface area contributed by atoms with Crippen LogP contribution in [0.5, 0.6) is 0 Å². The number of nitrogens with two attached hydrogens (primary N) is 1. The number of primary amides is 1. The number of rotatable bonds is 4. The van der Waals surface area contributed by atoms with Gasteiger partial charge in [-0.05, 0) is 37.8 Å². The molecule has 2 N–H and O–H groups in total. The van der Waals surface area contributed by atoms with Crippen LogP contribution in [0.4, 0.5) is 0 Å². The van der Waals surface area contributed by atoms with Gasteiger partial charge in [0.05, 0.1) is 6.10 Å². The molecule has 0 atom stereocenters. The Kier molecular flexibility index (Phi) is 4.24. The van der Waals surface area contributed by atoms with Crippen LogP contribution >= 0.6 is 0 Å². The number of carbonyl (C=O) groups is 1. The summed E-state index contributed by atoms with van der Waals surface area (Å²) < 4.78 is 7.68. The number of imidazole rings is 1. The van der Waals surface area contributed by atoms with E-state index >= 15 is 0 Å². The normalized spacial score (nSPS) is 21.7. The molecule has 2 aromatic rings. The molecule has 1 aliphatic carbocycles. The number of carbonyl (C=O) groups excluding carboxylic acids is 1. The minimum Gasteiger partial charge on any atom is -0.381 e. The lowest BCUT2D eigenvalue weighted by Crippen LogP contribution is -2.22. The monoisotopic (exact) mass is 299 g/mol. The van der Waals surface area contributed by atoms with Crippen LogP contribution in [0.25, 0.3) is 11.4 Å². The molecule has 0 bridgehead atoms. The fourth-order valence-electron chi connectivity index (χ4n) is 3.17. The molecule has 1 heterocycles. The molecule has 5 heteroatoms. The van der Waals surface area contributed by atoms with Gasteiger partial charge < -0.3 is 15.0 Å². The smallest absolute Gasteiger partial charge is 0.248 e. The number of amides is 1. The van der Waals surface area contributed by atoms with Crippen LogP contribution in [0.15, 0.2) is 36.7 Å². The summed E-state index contributed by atoms with van der Waals surface area (Å²) in [5.41, 5.74) is 6.80. The summed E-state index contributed by atoms with van der Waals surface area (Å²) in [4.78, 5) is 15.7. The second-order valence-electron chi connectivity index (χ2n) is 5.77. The zero-order valence-corrected chi connectivity index (χ0v) is 12.7. The van der Waals surface area contributed by atoms with Gasteiger partial charge in [0.15, 0.2) is 0 Å². The van der Waals surface area contributed by atoms with Gasteiger partial charge in [-0.1, -0.05) is 12.1 Å². The summed E-state index contributed by atoms with van der Waals surface area (Å²) in [6, 6.07) is 7.76. The predicted octanol–water partition coefficient (Wildman–Crippen LogP) is 2.78. The van der Waals surface area contributed by atoms with E-state index in [1.165, 1.54) is 0 Å². The largest absolute Gasteiger partial charge is 0.381 e. The quantitative estimate of drug-likeness (QED) is 0.943. The van der Waals surface area contributed by atoms with Gasteiger partial charge in [0.25, 0.3) is 0 Å². The van der Waals surface area contributed by atoms with Crippen LogP contribution in [0.3, 0.4) is 0 Å². The van der Waals surface area contributed by atoms with Crippen molar-refractivity contribution in [3.8, 4) is 11.4 Å². The molecule has 1 aromatic carbocycles. The van der Waals surface area contributed by atoms with Crippen LogP contribution in [0, 0.1) is 0 Å². The van der Waals surface area contributed by atoms with Gasteiger partial charge in [-0.3, -0.25) is 4.79 Å². The number of aromatic nitrogens is 2. The third-order valence-electron chi connectivity index (χ3n) is 4.47. The Labute approximate surface area is 130 Å². The van der Waals surface area contributed by atoms with E-state index in [0.29, 0.717) is 17.7 Å². The van der Waals surface area contributed by atoms with Crippen LogP contribution in [0.2, 0.25) is 0 Å².